The number of nitrogens with one attached hydrogen (secondary N) is 2. The van der Waals surface area contributed by atoms with Gasteiger partial charge in [0.2, 0.25) is 0 Å². The summed E-state index contributed by atoms with van der Waals surface area (Å²) in [6, 6.07) is 1.94. The van der Waals surface area contributed by atoms with Gasteiger partial charge >= 0.3 is 0 Å². The Balaban J connectivity index is 0.00000312. The Bertz CT molecular complexity index is 655. The molecule has 0 fully saturated rings. The Morgan fingerprint density at radius 3 is 2.68 bits per heavy atom. The van der Waals surface area contributed by atoms with E-state index in [1.807, 2.05) is 48.1 Å². The highest BCUT2D eigenvalue weighted by Crippen LogP contribution is 2.22. The molecule has 3 N–H and O–H groups in total. The maximum Gasteiger partial charge on any atom is 0.191 e. The molecule has 0 bridgehead atoms. The average molecular weight is 495 g/mol. The first-order valence-corrected chi connectivity index (χ1v) is 9.63. The van der Waals surface area contributed by atoms with Gasteiger partial charge in [0.25, 0.3) is 0 Å². The van der Waals surface area contributed by atoms with Crippen LogP contribution in [0.1, 0.15) is 25.1 Å². The Labute approximate surface area is 174 Å². The summed E-state index contributed by atoms with van der Waals surface area (Å²) in [4.78, 5) is 11.1. The van der Waals surface area contributed by atoms with Crippen molar-refractivity contribution in [1.29, 1.82) is 0 Å². The van der Waals surface area contributed by atoms with Crippen LogP contribution in [0.15, 0.2) is 27.2 Å². The van der Waals surface area contributed by atoms with Gasteiger partial charge in [-0.1, -0.05) is 0 Å². The molecule has 2 rings (SSSR count). The quantitative estimate of drug-likeness (QED) is 0.313. The zero-order valence-electron chi connectivity index (χ0n) is 14.9. The molecule has 0 amide bonds. The third-order valence-corrected chi connectivity index (χ3v) is 5.15. The molecular formula is C16H26IN5OS2. The first kappa shape index (κ1) is 22.1. The van der Waals surface area contributed by atoms with Crippen molar-refractivity contribution in [1.82, 2.24) is 15.6 Å². The van der Waals surface area contributed by atoms with Gasteiger partial charge in [-0.15, -0.1) is 35.3 Å². The highest BCUT2D eigenvalue weighted by atomic mass is 127. The lowest BCUT2D eigenvalue weighted by molar-refractivity contribution is 0.0621. The van der Waals surface area contributed by atoms with Gasteiger partial charge in [-0.25, -0.2) is 9.98 Å². The van der Waals surface area contributed by atoms with E-state index < -0.39 is 5.60 Å². The van der Waals surface area contributed by atoms with E-state index in [1.165, 1.54) is 0 Å². The van der Waals surface area contributed by atoms with Crippen molar-refractivity contribution in [3.8, 4) is 0 Å². The minimum Gasteiger partial charge on any atom is -0.384 e. The number of rotatable bonds is 7. The maximum atomic E-state index is 10.6. The zero-order chi connectivity index (χ0) is 17.6. The smallest absolute Gasteiger partial charge is 0.191 e. The second-order valence-electron chi connectivity index (χ2n) is 5.85. The largest absolute Gasteiger partial charge is 0.384 e. The van der Waals surface area contributed by atoms with Gasteiger partial charge in [0.05, 0.1) is 18.8 Å². The first-order valence-electron chi connectivity index (χ1n) is 7.81. The zero-order valence-corrected chi connectivity index (χ0v) is 18.9. The van der Waals surface area contributed by atoms with E-state index in [0.717, 1.165) is 22.9 Å². The molecule has 0 saturated carbocycles. The number of thiophene rings is 1. The molecule has 2 heterocycles. The number of aromatic nitrogens is 1. The summed E-state index contributed by atoms with van der Waals surface area (Å²) in [5, 5.41) is 23.9. The number of hydrogen-bond acceptors (Lipinski definition) is 6. The van der Waals surface area contributed by atoms with Crippen molar-refractivity contribution in [3.63, 3.8) is 0 Å². The van der Waals surface area contributed by atoms with Crippen LogP contribution in [0.2, 0.25) is 0 Å². The number of aliphatic hydroxyl groups is 1. The standard InChI is InChI=1S/C16H25N5OS2.HI/c1-5-17-14(18-8-13-10-24-15(20-13)21(3)4)19-11-16(2,22)12-6-7-23-9-12;/h6-7,9-10,22H,5,8,11H2,1-4H3,(H2,17,18,19);1H. The van der Waals surface area contributed by atoms with Crippen LogP contribution in [-0.4, -0.2) is 43.2 Å². The highest BCUT2D eigenvalue weighted by Gasteiger charge is 2.23. The van der Waals surface area contributed by atoms with E-state index in [-0.39, 0.29) is 24.0 Å². The number of nitrogens with zero attached hydrogens (tertiary/aromatic N) is 3. The van der Waals surface area contributed by atoms with Crippen LogP contribution in [0.5, 0.6) is 0 Å². The molecule has 1 unspecified atom stereocenters. The summed E-state index contributed by atoms with van der Waals surface area (Å²) in [5.74, 6) is 0.674. The predicted octanol–water partition coefficient (Wildman–Crippen LogP) is 2.85. The van der Waals surface area contributed by atoms with Gasteiger partial charge in [-0.05, 0) is 36.2 Å². The van der Waals surface area contributed by atoms with Gasteiger partial charge in [-0.3, -0.25) is 0 Å². The minimum absolute atomic E-state index is 0. The molecule has 0 aliphatic carbocycles. The fourth-order valence-corrected chi connectivity index (χ4v) is 3.54. The van der Waals surface area contributed by atoms with Crippen LogP contribution in [0.3, 0.4) is 0 Å². The summed E-state index contributed by atoms with van der Waals surface area (Å²) < 4.78 is 0. The van der Waals surface area contributed by atoms with Gasteiger partial charge in [0, 0.05) is 26.0 Å². The van der Waals surface area contributed by atoms with Gasteiger partial charge < -0.3 is 20.6 Å². The molecular weight excluding hydrogens is 469 g/mol. The summed E-state index contributed by atoms with van der Waals surface area (Å²) in [6.45, 7) is 5.46. The number of halogens is 1. The lowest BCUT2D eigenvalue weighted by atomic mass is 9.99. The van der Waals surface area contributed by atoms with E-state index in [4.69, 9.17) is 0 Å². The van der Waals surface area contributed by atoms with Crippen LogP contribution in [-0.2, 0) is 12.1 Å². The fraction of sp³-hybridized carbons (Fsp3) is 0.500. The molecule has 25 heavy (non-hydrogen) atoms. The van der Waals surface area contributed by atoms with Crippen LogP contribution in [0.25, 0.3) is 0 Å². The summed E-state index contributed by atoms with van der Waals surface area (Å²) in [6.07, 6.45) is 0. The van der Waals surface area contributed by atoms with Gasteiger partial charge in [0.15, 0.2) is 11.1 Å². The second kappa shape index (κ2) is 10.3. The molecule has 0 spiro atoms. The van der Waals surface area contributed by atoms with E-state index in [0.29, 0.717) is 19.0 Å². The molecule has 2 aromatic heterocycles. The molecule has 0 aliphatic rings. The van der Waals surface area contributed by atoms with Crippen LogP contribution in [0, 0.1) is 0 Å². The molecule has 6 nitrogen and oxygen atoms in total. The van der Waals surface area contributed by atoms with Crippen molar-refractivity contribution < 1.29 is 5.11 Å². The van der Waals surface area contributed by atoms with E-state index in [1.54, 1.807) is 29.6 Å². The number of thiazole rings is 1. The molecule has 0 saturated heterocycles. The molecule has 0 aliphatic heterocycles. The Morgan fingerprint density at radius 2 is 2.12 bits per heavy atom. The van der Waals surface area contributed by atoms with Crippen molar-refractivity contribution in [3.05, 3.63) is 33.5 Å². The SMILES string of the molecule is CCNC(=NCc1csc(N(C)C)n1)NCC(C)(O)c1ccsc1.I. The monoisotopic (exact) mass is 495 g/mol. The van der Waals surface area contributed by atoms with E-state index >= 15 is 0 Å². The van der Waals surface area contributed by atoms with Crippen molar-refractivity contribution in [2.75, 3.05) is 32.1 Å². The highest BCUT2D eigenvalue weighted by molar-refractivity contribution is 14.0. The van der Waals surface area contributed by atoms with Crippen LogP contribution >= 0.6 is 46.7 Å². The second-order valence-corrected chi connectivity index (χ2v) is 7.47. The molecule has 1 atom stereocenters. The van der Waals surface area contributed by atoms with Gasteiger partial charge in [-0.2, -0.15) is 11.3 Å². The van der Waals surface area contributed by atoms with Crippen molar-refractivity contribution in [2.24, 2.45) is 4.99 Å². The summed E-state index contributed by atoms with van der Waals surface area (Å²) >= 11 is 3.18. The molecule has 140 valence electrons. The number of hydrogen-bond donors (Lipinski definition) is 3. The molecule has 9 heteroatoms. The fourth-order valence-electron chi connectivity index (χ4n) is 2.00. The number of aliphatic imine (C=N–C) groups is 1. The number of anilines is 1. The normalized spacial score (nSPS) is 13.7. The van der Waals surface area contributed by atoms with E-state index in [9.17, 15) is 5.11 Å². The Kier molecular flexibility index (Phi) is 9.11. The third kappa shape index (κ3) is 6.72. The average Bonchev–Trinajstić information content (AvgIpc) is 3.21. The predicted molar refractivity (Wildman–Crippen MR) is 119 cm³/mol. The third-order valence-electron chi connectivity index (χ3n) is 3.41. The maximum absolute atomic E-state index is 10.6. The molecule has 0 radical (unpaired) electrons. The minimum atomic E-state index is -0.936. The van der Waals surface area contributed by atoms with Crippen molar-refractivity contribution in [2.45, 2.75) is 26.0 Å². The molecule has 0 aromatic carbocycles. The van der Waals surface area contributed by atoms with Crippen molar-refractivity contribution >= 4 is 57.7 Å². The van der Waals surface area contributed by atoms with Crippen LogP contribution < -0.4 is 15.5 Å². The van der Waals surface area contributed by atoms with Gasteiger partial charge in [0.1, 0.15) is 5.60 Å². The lowest BCUT2D eigenvalue weighted by Gasteiger charge is -2.24. The summed E-state index contributed by atoms with van der Waals surface area (Å²) in [7, 11) is 3.95. The molecule has 2 aromatic rings. The van der Waals surface area contributed by atoms with E-state index in [2.05, 4.69) is 20.6 Å². The Morgan fingerprint density at radius 1 is 1.36 bits per heavy atom. The topological polar surface area (TPSA) is 72.8 Å². The Hall–Kier alpha value is -0.910. The number of guanidine groups is 1. The lowest BCUT2D eigenvalue weighted by Crippen LogP contribution is -2.44. The first-order chi connectivity index (χ1) is 11.4. The summed E-state index contributed by atoms with van der Waals surface area (Å²) in [5.41, 5.74) is 0.908. The van der Waals surface area contributed by atoms with Crippen LogP contribution in [0.4, 0.5) is 5.13 Å².